The average Bonchev–Trinajstić information content (AvgIpc) is 2.97. The molecule has 2 aliphatic rings. The molecule has 4 rings (SSSR count). The van der Waals surface area contributed by atoms with Crippen molar-refractivity contribution in [2.75, 3.05) is 35.2 Å². The summed E-state index contributed by atoms with van der Waals surface area (Å²) >= 11 is 1.91. The molecular weight excluding hydrogens is 376 g/mol. The Hall–Kier alpha value is -2.68. The molecule has 1 aliphatic carbocycles. The first-order valence-electron chi connectivity index (χ1n) is 9.30. The zero-order valence-corrected chi connectivity index (χ0v) is 16.8. The number of aliphatic hydroxyl groups excluding tert-OH is 1. The Labute approximate surface area is 167 Å². The van der Waals surface area contributed by atoms with E-state index in [2.05, 4.69) is 9.88 Å². The lowest BCUT2D eigenvalue weighted by atomic mass is 9.93. The molecule has 2 aromatic heterocycles. The van der Waals surface area contributed by atoms with Crippen LogP contribution in [0.2, 0.25) is 0 Å². The molecule has 1 atom stereocenters. The minimum Gasteiger partial charge on any atom is -0.508 e. The maximum absolute atomic E-state index is 12.2. The van der Waals surface area contributed by atoms with Crippen molar-refractivity contribution in [3.05, 3.63) is 29.2 Å². The van der Waals surface area contributed by atoms with Gasteiger partial charge in [0.2, 0.25) is 0 Å². The van der Waals surface area contributed by atoms with E-state index in [0.717, 1.165) is 36.1 Å². The van der Waals surface area contributed by atoms with Crippen molar-refractivity contribution in [2.24, 2.45) is 11.7 Å². The van der Waals surface area contributed by atoms with E-state index >= 15 is 0 Å². The standard InChI is InChI=1S/C19H24N6O2S/c1-10-3-4-12(26)11(2)16(10)25-17(20)14(18(21)27)15-19(25)22-9-13(23-15)24-5-7-28-8-6-24/h4,9-10,26H,3,5-8,20H2,1-2H3,(H2,21,27)/t10-/m1/s1. The molecular formula is C19H24N6O2S. The summed E-state index contributed by atoms with van der Waals surface area (Å²) < 4.78 is 1.72. The van der Waals surface area contributed by atoms with E-state index in [0.29, 0.717) is 23.2 Å². The van der Waals surface area contributed by atoms with Gasteiger partial charge in [0, 0.05) is 41.8 Å². The minimum atomic E-state index is -0.636. The average molecular weight is 401 g/mol. The van der Waals surface area contributed by atoms with Gasteiger partial charge in [0.05, 0.1) is 6.20 Å². The van der Waals surface area contributed by atoms with Crippen molar-refractivity contribution in [1.29, 1.82) is 0 Å². The Morgan fingerprint density at radius 2 is 2.07 bits per heavy atom. The minimum absolute atomic E-state index is 0.0927. The molecule has 28 heavy (non-hydrogen) atoms. The fourth-order valence-electron chi connectivity index (χ4n) is 3.93. The van der Waals surface area contributed by atoms with Crippen LogP contribution in [0.5, 0.6) is 0 Å². The van der Waals surface area contributed by atoms with Gasteiger partial charge in [-0.3, -0.25) is 9.36 Å². The molecule has 0 unspecified atom stereocenters. The fourth-order valence-corrected chi connectivity index (χ4v) is 4.83. The van der Waals surface area contributed by atoms with Crippen molar-refractivity contribution in [3.8, 4) is 0 Å². The van der Waals surface area contributed by atoms with Crippen LogP contribution in [0, 0.1) is 5.92 Å². The molecule has 0 bridgehead atoms. The van der Waals surface area contributed by atoms with Gasteiger partial charge in [-0.25, -0.2) is 9.97 Å². The number of fused-ring (bicyclic) bond motifs is 1. The number of anilines is 2. The number of nitrogen functional groups attached to an aromatic ring is 1. The predicted octanol–water partition coefficient (Wildman–Crippen LogP) is 2.38. The van der Waals surface area contributed by atoms with Crippen molar-refractivity contribution < 1.29 is 9.90 Å². The summed E-state index contributed by atoms with van der Waals surface area (Å²) in [5.41, 5.74) is 14.6. The molecule has 3 heterocycles. The number of hydrogen-bond donors (Lipinski definition) is 3. The maximum atomic E-state index is 12.2. The number of nitrogens with two attached hydrogens (primary N) is 2. The normalized spacial score (nSPS) is 20.6. The fraction of sp³-hybridized carbons (Fsp3) is 0.421. The number of rotatable bonds is 3. The lowest BCUT2D eigenvalue weighted by Gasteiger charge is -2.27. The van der Waals surface area contributed by atoms with Gasteiger partial charge >= 0.3 is 0 Å². The highest BCUT2D eigenvalue weighted by Gasteiger charge is 2.29. The van der Waals surface area contributed by atoms with Crippen LogP contribution in [-0.4, -0.2) is 50.1 Å². The Bertz CT molecular complexity index is 1020. The molecule has 1 fully saturated rings. The summed E-state index contributed by atoms with van der Waals surface area (Å²) in [4.78, 5) is 23.7. The van der Waals surface area contributed by atoms with Gasteiger partial charge in [-0.2, -0.15) is 11.8 Å². The van der Waals surface area contributed by atoms with Crippen molar-refractivity contribution in [3.63, 3.8) is 0 Å². The molecule has 9 heteroatoms. The molecule has 0 spiro atoms. The maximum Gasteiger partial charge on any atom is 0.254 e. The summed E-state index contributed by atoms with van der Waals surface area (Å²) in [7, 11) is 0. The molecule has 8 nitrogen and oxygen atoms in total. The van der Waals surface area contributed by atoms with Crippen LogP contribution < -0.4 is 16.4 Å². The van der Waals surface area contributed by atoms with Crippen molar-refractivity contribution in [2.45, 2.75) is 20.3 Å². The van der Waals surface area contributed by atoms with Crippen LogP contribution in [0.3, 0.4) is 0 Å². The highest BCUT2D eigenvalue weighted by atomic mass is 32.2. The van der Waals surface area contributed by atoms with Crippen molar-refractivity contribution in [1.82, 2.24) is 14.5 Å². The largest absolute Gasteiger partial charge is 0.508 e. The first kappa shape index (κ1) is 18.7. The van der Waals surface area contributed by atoms with Gasteiger partial charge in [-0.15, -0.1) is 0 Å². The van der Waals surface area contributed by atoms with E-state index in [1.54, 1.807) is 16.8 Å². The topological polar surface area (TPSA) is 123 Å². The smallest absolute Gasteiger partial charge is 0.254 e. The summed E-state index contributed by atoms with van der Waals surface area (Å²) in [5.74, 6) is 2.66. The van der Waals surface area contributed by atoms with Gasteiger partial charge in [-0.05, 0) is 19.4 Å². The molecule has 0 aromatic carbocycles. The lowest BCUT2D eigenvalue weighted by molar-refractivity contribution is 0.100. The number of nitrogens with zero attached hydrogens (tertiary/aromatic N) is 4. The number of thioether (sulfide) groups is 1. The first-order valence-corrected chi connectivity index (χ1v) is 10.5. The number of allylic oxidation sites excluding steroid dienone is 3. The molecule has 1 aliphatic heterocycles. The zero-order valence-electron chi connectivity index (χ0n) is 16.0. The van der Waals surface area contributed by atoms with Crippen LogP contribution in [0.1, 0.15) is 30.6 Å². The van der Waals surface area contributed by atoms with Gasteiger partial charge < -0.3 is 21.5 Å². The molecule has 0 saturated carbocycles. The monoisotopic (exact) mass is 400 g/mol. The summed E-state index contributed by atoms with van der Waals surface area (Å²) in [6.45, 7) is 5.64. The van der Waals surface area contributed by atoms with Gasteiger partial charge in [-0.1, -0.05) is 6.92 Å². The van der Waals surface area contributed by atoms with Crippen LogP contribution in [0.25, 0.3) is 16.9 Å². The molecule has 1 amide bonds. The quantitative estimate of drug-likeness (QED) is 0.723. The molecule has 5 N–H and O–H groups in total. The van der Waals surface area contributed by atoms with Gasteiger partial charge in [0.1, 0.15) is 28.5 Å². The van der Waals surface area contributed by atoms with E-state index in [-0.39, 0.29) is 23.1 Å². The third kappa shape index (κ3) is 2.90. The summed E-state index contributed by atoms with van der Waals surface area (Å²) in [5, 5.41) is 10.2. The number of primary amides is 1. The second-order valence-electron chi connectivity index (χ2n) is 7.20. The highest BCUT2D eigenvalue weighted by molar-refractivity contribution is 7.99. The van der Waals surface area contributed by atoms with E-state index in [9.17, 15) is 9.90 Å². The van der Waals surface area contributed by atoms with Crippen molar-refractivity contribution >= 4 is 46.2 Å². The number of carbonyl (C=O) groups excluding carboxylic acids is 1. The predicted molar refractivity (Wildman–Crippen MR) is 113 cm³/mol. The SMILES string of the molecule is CC1=C(n2c(N)c(C(N)=O)c3nc(N4CCSCC4)cnc32)[C@H](C)CC=C1O. The first-order chi connectivity index (χ1) is 13.4. The summed E-state index contributed by atoms with van der Waals surface area (Å²) in [6, 6.07) is 0. The lowest BCUT2D eigenvalue weighted by Crippen LogP contribution is -2.33. The third-order valence-corrected chi connectivity index (χ3v) is 6.35. The number of aromatic nitrogens is 3. The van der Waals surface area contributed by atoms with Gasteiger partial charge in [0.15, 0.2) is 5.65 Å². The second-order valence-corrected chi connectivity index (χ2v) is 8.42. The zero-order chi connectivity index (χ0) is 20.0. The van der Waals surface area contributed by atoms with Crippen LogP contribution in [0.15, 0.2) is 23.6 Å². The molecule has 0 radical (unpaired) electrons. The van der Waals surface area contributed by atoms with E-state index in [4.69, 9.17) is 16.5 Å². The van der Waals surface area contributed by atoms with E-state index in [1.807, 2.05) is 25.6 Å². The Morgan fingerprint density at radius 1 is 1.36 bits per heavy atom. The summed E-state index contributed by atoms with van der Waals surface area (Å²) in [6.07, 6.45) is 4.18. The van der Waals surface area contributed by atoms with Crippen LogP contribution >= 0.6 is 11.8 Å². The second kappa shape index (κ2) is 7.05. The Kier molecular flexibility index (Phi) is 4.70. The van der Waals surface area contributed by atoms with Crippen LogP contribution in [-0.2, 0) is 0 Å². The number of amides is 1. The molecule has 2 aromatic rings. The Morgan fingerprint density at radius 3 is 2.75 bits per heavy atom. The Balaban J connectivity index is 1.95. The third-order valence-electron chi connectivity index (χ3n) is 5.41. The number of carbonyl (C=O) groups is 1. The molecule has 1 saturated heterocycles. The van der Waals surface area contributed by atoms with E-state index in [1.165, 1.54) is 0 Å². The van der Waals surface area contributed by atoms with Crippen LogP contribution in [0.4, 0.5) is 11.6 Å². The highest BCUT2D eigenvalue weighted by Crippen LogP contribution is 2.38. The van der Waals surface area contributed by atoms with Gasteiger partial charge in [0.25, 0.3) is 5.91 Å². The number of aliphatic hydroxyl groups is 1. The number of hydrogen-bond acceptors (Lipinski definition) is 7. The van der Waals surface area contributed by atoms with E-state index < -0.39 is 5.91 Å². The molecule has 148 valence electrons.